The molecule has 0 aliphatic carbocycles. The van der Waals surface area contributed by atoms with Crippen molar-refractivity contribution in [2.45, 2.75) is 123 Å². The Hall–Kier alpha value is -15.7. The minimum Gasteiger partial charge on any atom is -0.497 e. The number of nitriles is 1. The summed E-state index contributed by atoms with van der Waals surface area (Å²) >= 11 is 0. The Labute approximate surface area is 830 Å². The summed E-state index contributed by atoms with van der Waals surface area (Å²) in [6.45, 7) is 27.4. The lowest BCUT2D eigenvalue weighted by Crippen LogP contribution is -2.54. The van der Waals surface area contributed by atoms with E-state index in [9.17, 15) is 38.4 Å². The second kappa shape index (κ2) is 60.9. The summed E-state index contributed by atoms with van der Waals surface area (Å²) in [5.74, 6) is 2.47. The van der Waals surface area contributed by atoms with Crippen LogP contribution in [0.15, 0.2) is 305 Å². The van der Waals surface area contributed by atoms with Gasteiger partial charge in [-0.25, -0.2) is 38.0 Å². The van der Waals surface area contributed by atoms with Crippen LogP contribution in [0.5, 0.6) is 57.5 Å². The molecule has 0 saturated carbocycles. The quantitative estimate of drug-likeness (QED) is 0.00650. The first kappa shape index (κ1) is 110. The number of carbonyl (C=O) groups is 8. The molecular formula is C116H123FN2O23. The van der Waals surface area contributed by atoms with Crippen molar-refractivity contribution in [2.24, 2.45) is 0 Å². The molecule has 0 unspecified atom stereocenters. The number of unbranched alkanes of at least 4 members (excludes halogenated alkanes) is 8. The number of benzene rings is 11. The Morgan fingerprint density at radius 2 is 0.732 bits per heavy atom. The van der Waals surface area contributed by atoms with Crippen molar-refractivity contribution in [3.8, 4) is 96.9 Å². The number of esters is 7. The van der Waals surface area contributed by atoms with Crippen molar-refractivity contribution in [3.63, 3.8) is 0 Å². The number of hydrogen-bond donors (Lipinski definition) is 0. The molecule has 1 aliphatic rings. The number of rotatable bonds is 51. The fourth-order valence-corrected chi connectivity index (χ4v) is 14.0. The van der Waals surface area contributed by atoms with E-state index in [0.29, 0.717) is 157 Å². The summed E-state index contributed by atoms with van der Waals surface area (Å²) in [5.41, 5.74) is 9.32. The van der Waals surface area contributed by atoms with E-state index in [2.05, 4.69) is 62.4 Å². The van der Waals surface area contributed by atoms with E-state index in [1.54, 1.807) is 177 Å². The smallest absolute Gasteiger partial charge is 0.343 e. The molecule has 742 valence electrons. The molecule has 1 fully saturated rings. The van der Waals surface area contributed by atoms with Crippen molar-refractivity contribution in [1.29, 1.82) is 5.26 Å². The molecule has 1 aliphatic heterocycles. The lowest BCUT2D eigenvalue weighted by Gasteiger charge is -2.39. The van der Waals surface area contributed by atoms with Crippen LogP contribution in [0.25, 0.3) is 33.4 Å². The van der Waals surface area contributed by atoms with E-state index in [0.717, 1.165) is 129 Å². The van der Waals surface area contributed by atoms with Crippen LogP contribution in [0, 0.1) is 24.1 Å². The van der Waals surface area contributed by atoms with Gasteiger partial charge in [-0.3, -0.25) is 9.69 Å². The van der Waals surface area contributed by atoms with E-state index in [1.807, 2.05) is 87.5 Å². The molecule has 0 amide bonds. The van der Waals surface area contributed by atoms with Gasteiger partial charge >= 0.3 is 41.8 Å². The highest BCUT2D eigenvalue weighted by atomic mass is 19.1. The lowest BCUT2D eigenvalue weighted by molar-refractivity contribution is -0.138. The van der Waals surface area contributed by atoms with Gasteiger partial charge in [0.2, 0.25) is 6.79 Å². The Kier molecular flexibility index (Phi) is 47.1. The number of halogens is 1. The van der Waals surface area contributed by atoms with Gasteiger partial charge in [0, 0.05) is 61.4 Å². The number of methoxy groups -OCH3 is 1. The zero-order valence-corrected chi connectivity index (χ0v) is 81.1. The third-order valence-corrected chi connectivity index (χ3v) is 22.1. The highest BCUT2D eigenvalue weighted by Gasteiger charge is 2.36. The van der Waals surface area contributed by atoms with E-state index in [-0.39, 0.29) is 37.6 Å². The molecule has 0 radical (unpaired) electrons. The standard InChI is InChI=1S/C37H40FNO2.C33H34O10.C23H23NO5.C23H26O6/c1-4-5-6-7-27-8-10-30(11-9-27)33-20-21-34(35(38)26-33)31-16-12-28(13-17-31)29-14-18-32(19-15-29)36(40)37(2,3)39-22-24-41-25-23-39;1-4-31(34)39-20-6-18-37-26-10-8-25(9-11-26)33(36)43-29-16-17-30(24(3)22-29)42-23-41-28-14-12-27(13-15-28)38-19-7-21-40-32(35)5-2;1-2-22(25)28-16-6-4-3-5-15-27-20-13-9-19(10-14-20)23(26)29-21-11-7-18(17-24)8-12-21;1-3-22(24)28-17-7-5-4-6-16-27-20-10-8-18(9-11-20)23(25)29-21-14-12-19(26-2)13-15-21/h8-21,26H,4-7,22-25H2,1-3H3;4-5,8-17,22H,1-2,6-7,18-21,23H2,3H3;2,7-14H,1,3-6,15-16H2;3,8-15H,1,4-7,16-17H2,2H3. The van der Waals surface area contributed by atoms with E-state index in [1.165, 1.54) is 24.8 Å². The molecule has 142 heavy (non-hydrogen) atoms. The zero-order valence-electron chi connectivity index (χ0n) is 81.1. The van der Waals surface area contributed by atoms with E-state index >= 15 is 4.39 Å². The van der Waals surface area contributed by atoms with Gasteiger partial charge in [0.25, 0.3) is 0 Å². The predicted octanol–water partition coefficient (Wildman–Crippen LogP) is 23.5. The third kappa shape index (κ3) is 38.6. The monoisotopic (exact) mass is 1930 g/mol. The van der Waals surface area contributed by atoms with Crippen molar-refractivity contribution >= 4 is 47.6 Å². The van der Waals surface area contributed by atoms with Crippen molar-refractivity contribution in [2.75, 3.05) is 93.1 Å². The molecule has 11 aromatic rings. The normalized spacial score (nSPS) is 11.3. The topological polar surface area (TPSA) is 302 Å². The zero-order chi connectivity index (χ0) is 101. The van der Waals surface area contributed by atoms with Gasteiger partial charge < -0.3 is 71.1 Å². The molecule has 26 heteroatoms. The fraction of sp³-hybridized carbons (Fsp3) is 0.284. The number of Topliss-reactive ketones (excluding diaryl/α,β-unsaturated/α-hetero) is 1. The second-order valence-corrected chi connectivity index (χ2v) is 32.8. The molecule has 0 N–H and O–H groups in total. The van der Waals surface area contributed by atoms with Gasteiger partial charge in [-0.2, -0.15) is 5.26 Å². The van der Waals surface area contributed by atoms with Crippen LogP contribution in [0.2, 0.25) is 0 Å². The molecule has 25 nitrogen and oxygen atoms in total. The first-order valence-electron chi connectivity index (χ1n) is 47.2. The number of carbonyl (C=O) groups excluding carboxylic acids is 8. The minimum absolute atomic E-state index is 0.0246. The molecule has 0 aromatic heterocycles. The highest BCUT2D eigenvalue weighted by Crippen LogP contribution is 2.34. The van der Waals surface area contributed by atoms with Crippen LogP contribution in [0.4, 0.5) is 4.39 Å². The maximum atomic E-state index is 15.2. The van der Waals surface area contributed by atoms with Crippen LogP contribution in [-0.4, -0.2) is 151 Å². The van der Waals surface area contributed by atoms with Gasteiger partial charge in [-0.15, -0.1) is 0 Å². The maximum absolute atomic E-state index is 15.2. The van der Waals surface area contributed by atoms with Gasteiger partial charge in [0.05, 0.1) is 107 Å². The summed E-state index contributed by atoms with van der Waals surface area (Å²) in [6.07, 6.45) is 17.7. The number of hydrogen-bond acceptors (Lipinski definition) is 25. The summed E-state index contributed by atoms with van der Waals surface area (Å²) in [4.78, 5) is 96.2. The molecule has 1 saturated heterocycles. The van der Waals surface area contributed by atoms with Crippen molar-refractivity contribution in [1.82, 2.24) is 4.90 Å². The average molecular weight is 1930 g/mol. The van der Waals surface area contributed by atoms with Gasteiger partial charge in [0.15, 0.2) is 5.78 Å². The summed E-state index contributed by atoms with van der Waals surface area (Å²) in [6, 6.07) is 77.1. The Bertz CT molecular complexity index is 5880. The number of ether oxygens (including phenoxy) is 15. The molecular weight excluding hydrogens is 1810 g/mol. The maximum Gasteiger partial charge on any atom is 0.343 e. The molecule has 12 rings (SSSR count). The number of nitrogens with zero attached hydrogens (tertiary/aromatic N) is 2. The summed E-state index contributed by atoms with van der Waals surface area (Å²) in [7, 11) is 1.58. The summed E-state index contributed by atoms with van der Waals surface area (Å²) in [5, 5.41) is 8.78. The molecule has 0 atom stereocenters. The molecule has 11 aromatic carbocycles. The summed E-state index contributed by atoms with van der Waals surface area (Å²) < 4.78 is 95.4. The van der Waals surface area contributed by atoms with Gasteiger partial charge in [-0.05, 0) is 294 Å². The number of morpholine rings is 1. The second-order valence-electron chi connectivity index (χ2n) is 32.8. The Balaban J connectivity index is 0.000000215. The lowest BCUT2D eigenvalue weighted by atomic mass is 9.90. The first-order valence-corrected chi connectivity index (χ1v) is 47.2. The highest BCUT2D eigenvalue weighted by molar-refractivity contribution is 6.03. The first-order chi connectivity index (χ1) is 69.0. The van der Waals surface area contributed by atoms with Crippen molar-refractivity contribution < 1.29 is 114 Å². The molecule has 0 bridgehead atoms. The number of aryl methyl sites for hydroxylation is 2. The Morgan fingerprint density at radius 3 is 1.15 bits per heavy atom. The predicted molar refractivity (Wildman–Crippen MR) is 542 cm³/mol. The average Bonchev–Trinajstić information content (AvgIpc) is 0.796. The van der Waals surface area contributed by atoms with Crippen LogP contribution in [-0.2, 0) is 49.3 Å². The Morgan fingerprint density at radius 1 is 0.380 bits per heavy atom. The molecule has 1 heterocycles. The van der Waals surface area contributed by atoms with Gasteiger partial charge in [0.1, 0.15) is 63.3 Å². The van der Waals surface area contributed by atoms with Crippen LogP contribution in [0.3, 0.4) is 0 Å². The minimum atomic E-state index is -0.579. The number of ketones is 1. The van der Waals surface area contributed by atoms with E-state index < -0.39 is 41.4 Å². The van der Waals surface area contributed by atoms with Crippen LogP contribution in [0.1, 0.15) is 162 Å². The fourth-order valence-electron chi connectivity index (χ4n) is 14.0. The van der Waals surface area contributed by atoms with Gasteiger partial charge in [-0.1, -0.05) is 131 Å². The van der Waals surface area contributed by atoms with Crippen molar-refractivity contribution in [3.05, 3.63) is 350 Å². The van der Waals surface area contributed by atoms with E-state index in [4.69, 9.17) is 76.3 Å². The largest absolute Gasteiger partial charge is 0.497 e. The van der Waals surface area contributed by atoms with Crippen LogP contribution >= 0.6 is 0 Å². The molecule has 0 spiro atoms. The third-order valence-electron chi connectivity index (χ3n) is 22.1. The van der Waals surface area contributed by atoms with Crippen LogP contribution < -0.4 is 47.4 Å². The SMILES string of the molecule is C=CC(=O)OCCCCCCOc1ccc(C(=O)Oc2ccc(C#N)cc2)cc1.C=CC(=O)OCCCCCCOc1ccc(C(=O)Oc2ccc(OC)cc2)cc1.C=CC(=O)OCCCOc1ccc(OCOc2ccc(OC(=O)c3ccc(OCCCOC(=O)C=C)cc3)cc2C)cc1.CCCCCc1ccc(-c2ccc(-c3ccc(-c4ccc(C(=O)C(C)(C)N5CCOCC5)cc4)cc3)c(F)c2)cc1.